The fraction of sp³-hybridized carbons (Fsp3) is 0.458. The van der Waals surface area contributed by atoms with Crippen LogP contribution in [-0.4, -0.2) is 123 Å². The molecule has 4 aliphatic rings. The number of para-hydroxylation sites is 2. The lowest BCUT2D eigenvalue weighted by atomic mass is 10.1. The summed E-state index contributed by atoms with van der Waals surface area (Å²) in [4.78, 5) is 37.4. The van der Waals surface area contributed by atoms with E-state index in [2.05, 4.69) is 112 Å². The predicted molar refractivity (Wildman–Crippen MR) is 233 cm³/mol. The minimum atomic E-state index is 0.239. The van der Waals surface area contributed by atoms with Crippen molar-refractivity contribution in [3.63, 3.8) is 0 Å². The highest BCUT2D eigenvalue weighted by Gasteiger charge is 2.37. The van der Waals surface area contributed by atoms with E-state index in [4.69, 9.17) is 5.11 Å². The minimum absolute atomic E-state index is 0.239. The molecular weight excluding hydrogens is 709 g/mol. The Morgan fingerprint density at radius 2 is 1.04 bits per heavy atom. The second kappa shape index (κ2) is 22.0. The van der Waals surface area contributed by atoms with E-state index < -0.39 is 0 Å². The van der Waals surface area contributed by atoms with Crippen molar-refractivity contribution in [1.29, 1.82) is 0 Å². The van der Waals surface area contributed by atoms with Crippen LogP contribution in [-0.2, 0) is 22.4 Å². The standard InChI is InChI=1S/C24H31N3O.C23H29N3O.CH4O/c1-25-16-17-26(15-14-20-8-4-2-5-9-20)18-23(25)19-27(24(28)21-12-13-21)22-10-6-3-7-11-22;27-23(20-11-12-20)26(22-9-5-2-6-10-22)18-21-17-25(16-14-24-21)15-13-19-7-3-1-4-8-19;1-2/h2-11,21,23H,12-19H2,1H3;1-10,20-21,24H,11-18H2;2H,1H3. The van der Waals surface area contributed by atoms with Crippen LogP contribution in [0.4, 0.5) is 11.4 Å². The Morgan fingerprint density at radius 1 is 0.596 bits per heavy atom. The van der Waals surface area contributed by atoms with Crippen LogP contribution in [0, 0.1) is 11.8 Å². The summed E-state index contributed by atoms with van der Waals surface area (Å²) in [5.41, 5.74) is 4.85. The Hall–Kier alpha value is -4.38. The lowest BCUT2D eigenvalue weighted by molar-refractivity contribution is -0.120. The summed E-state index contributed by atoms with van der Waals surface area (Å²) in [6.07, 6.45) is 6.35. The van der Waals surface area contributed by atoms with E-state index in [9.17, 15) is 9.59 Å². The lowest BCUT2D eigenvalue weighted by Crippen LogP contribution is -2.56. The maximum absolute atomic E-state index is 13.0. The largest absolute Gasteiger partial charge is 0.400 e. The Kier molecular flexibility index (Phi) is 16.3. The number of aliphatic hydroxyl groups excluding tert-OH is 1. The molecule has 4 aromatic rings. The molecule has 0 radical (unpaired) electrons. The number of hydrogen-bond acceptors (Lipinski definition) is 7. The maximum Gasteiger partial charge on any atom is 0.230 e. The summed E-state index contributed by atoms with van der Waals surface area (Å²) in [6, 6.07) is 42.4. The van der Waals surface area contributed by atoms with Crippen molar-refractivity contribution in [2.75, 3.05) is 89.4 Å². The van der Waals surface area contributed by atoms with Gasteiger partial charge in [-0.25, -0.2) is 0 Å². The lowest BCUT2D eigenvalue weighted by Gasteiger charge is -2.41. The molecule has 4 aromatic carbocycles. The van der Waals surface area contributed by atoms with Gasteiger partial charge in [0.2, 0.25) is 11.8 Å². The number of likely N-dealkylation sites (N-methyl/N-ethyl adjacent to an activating group) is 1. The number of nitrogens with one attached hydrogen (secondary N) is 1. The van der Waals surface area contributed by atoms with E-state index >= 15 is 0 Å². The van der Waals surface area contributed by atoms with Crippen LogP contribution in [0.5, 0.6) is 0 Å². The molecule has 0 aromatic heterocycles. The topological polar surface area (TPSA) is 82.6 Å². The molecule has 2 saturated carbocycles. The first-order chi connectivity index (χ1) is 28.0. The average Bonchev–Trinajstić information content (AvgIpc) is 4.21. The third-order valence-corrected chi connectivity index (χ3v) is 11.6. The van der Waals surface area contributed by atoms with Gasteiger partial charge in [-0.1, -0.05) is 97.1 Å². The molecule has 9 nitrogen and oxygen atoms in total. The van der Waals surface area contributed by atoms with Crippen molar-refractivity contribution in [2.24, 2.45) is 11.8 Å². The van der Waals surface area contributed by atoms with Crippen LogP contribution in [0.25, 0.3) is 0 Å². The molecule has 57 heavy (non-hydrogen) atoms. The molecule has 2 unspecified atom stereocenters. The first-order valence-corrected chi connectivity index (χ1v) is 21.1. The van der Waals surface area contributed by atoms with Crippen LogP contribution >= 0.6 is 0 Å². The molecule has 2 heterocycles. The van der Waals surface area contributed by atoms with Crippen molar-refractivity contribution in [2.45, 2.75) is 50.6 Å². The second-order valence-corrected chi connectivity index (χ2v) is 16.0. The first-order valence-electron chi connectivity index (χ1n) is 21.1. The highest BCUT2D eigenvalue weighted by molar-refractivity contribution is 5.97. The normalized spacial score (nSPS) is 20.0. The van der Waals surface area contributed by atoms with E-state index in [0.717, 1.165) is 122 Å². The van der Waals surface area contributed by atoms with Gasteiger partial charge >= 0.3 is 0 Å². The van der Waals surface area contributed by atoms with Gasteiger partial charge in [0.1, 0.15) is 0 Å². The second-order valence-electron chi connectivity index (χ2n) is 16.0. The SMILES string of the molecule is CN1CCN(CCc2ccccc2)CC1CN(C(=O)C1CC1)c1ccccc1.CO.O=C(C1CC1)N(CC1CN(CCc2ccccc2)CCN1)c1ccccc1. The third kappa shape index (κ3) is 13.1. The highest BCUT2D eigenvalue weighted by Crippen LogP contribution is 2.34. The van der Waals surface area contributed by atoms with Crippen molar-refractivity contribution >= 4 is 23.2 Å². The first kappa shape index (κ1) is 42.2. The maximum atomic E-state index is 13.0. The van der Waals surface area contributed by atoms with Gasteiger partial charge in [0.15, 0.2) is 0 Å². The van der Waals surface area contributed by atoms with E-state index in [1.165, 1.54) is 11.1 Å². The quantitative estimate of drug-likeness (QED) is 0.167. The number of hydrogen-bond donors (Lipinski definition) is 2. The van der Waals surface area contributed by atoms with E-state index in [1.807, 2.05) is 46.2 Å². The molecule has 304 valence electrons. The number of amides is 2. The molecule has 8 rings (SSSR count). The van der Waals surface area contributed by atoms with Crippen molar-refractivity contribution in [1.82, 2.24) is 20.0 Å². The van der Waals surface area contributed by atoms with E-state index in [0.29, 0.717) is 23.9 Å². The van der Waals surface area contributed by atoms with Gasteiger partial charge in [-0.2, -0.15) is 0 Å². The van der Waals surface area contributed by atoms with Gasteiger partial charge in [-0.3, -0.25) is 14.5 Å². The summed E-state index contributed by atoms with van der Waals surface area (Å²) < 4.78 is 0. The van der Waals surface area contributed by atoms with Crippen LogP contribution in [0.3, 0.4) is 0 Å². The number of benzene rings is 4. The number of rotatable bonds is 14. The average molecular weight is 773 g/mol. The summed E-state index contributed by atoms with van der Waals surface area (Å²) in [6.45, 7) is 9.91. The molecule has 2 N–H and O–H groups in total. The van der Waals surface area contributed by atoms with Crippen LogP contribution in [0.1, 0.15) is 36.8 Å². The molecule has 2 aliphatic heterocycles. The number of anilines is 2. The number of piperazine rings is 2. The molecule has 4 fully saturated rings. The Bertz CT molecular complexity index is 1760. The van der Waals surface area contributed by atoms with Crippen molar-refractivity contribution in [3.8, 4) is 0 Å². The molecule has 0 spiro atoms. The van der Waals surface area contributed by atoms with Crippen LogP contribution < -0.4 is 15.1 Å². The Balaban J connectivity index is 0.000000185. The number of nitrogens with zero attached hydrogens (tertiary/aromatic N) is 5. The zero-order valence-corrected chi connectivity index (χ0v) is 34.2. The van der Waals surface area contributed by atoms with Crippen LogP contribution in [0.15, 0.2) is 121 Å². The molecule has 9 heteroatoms. The minimum Gasteiger partial charge on any atom is -0.400 e. The van der Waals surface area contributed by atoms with E-state index in [-0.39, 0.29) is 11.8 Å². The number of carbonyl (C=O) groups is 2. The number of aliphatic hydroxyl groups is 1. The molecule has 2 amide bonds. The Labute approximate surface area is 341 Å². The summed E-state index contributed by atoms with van der Waals surface area (Å²) in [5, 5.41) is 10.6. The molecule has 2 aliphatic carbocycles. The van der Waals surface area contributed by atoms with Gasteiger partial charge < -0.3 is 30.0 Å². The summed E-state index contributed by atoms with van der Waals surface area (Å²) in [5.74, 6) is 1.08. The monoisotopic (exact) mass is 773 g/mol. The molecule has 0 bridgehead atoms. The molecule has 2 atom stereocenters. The Morgan fingerprint density at radius 3 is 1.51 bits per heavy atom. The molecule has 2 saturated heterocycles. The third-order valence-electron chi connectivity index (χ3n) is 11.6. The smallest absolute Gasteiger partial charge is 0.230 e. The summed E-state index contributed by atoms with van der Waals surface area (Å²) >= 11 is 0. The van der Waals surface area contributed by atoms with Crippen LogP contribution in [0.2, 0.25) is 0 Å². The highest BCUT2D eigenvalue weighted by atomic mass is 16.2. The fourth-order valence-electron chi connectivity index (χ4n) is 7.89. The van der Waals surface area contributed by atoms with Gasteiger partial charge in [0, 0.05) is 108 Å². The fourth-order valence-corrected chi connectivity index (χ4v) is 7.89. The zero-order chi connectivity index (χ0) is 39.8. The van der Waals surface area contributed by atoms with Crippen molar-refractivity contribution in [3.05, 3.63) is 132 Å². The summed E-state index contributed by atoms with van der Waals surface area (Å²) in [7, 11) is 3.20. The predicted octanol–water partition coefficient (Wildman–Crippen LogP) is 5.84. The van der Waals surface area contributed by atoms with Crippen molar-refractivity contribution < 1.29 is 14.7 Å². The molecular formula is C48H64N6O3. The van der Waals surface area contributed by atoms with E-state index in [1.54, 1.807) is 0 Å². The zero-order valence-electron chi connectivity index (χ0n) is 34.2. The number of carbonyl (C=O) groups excluding carboxylic acids is 2. The van der Waals surface area contributed by atoms with Gasteiger partial charge in [0.05, 0.1) is 0 Å². The van der Waals surface area contributed by atoms with Gasteiger partial charge in [-0.05, 0) is 81.0 Å². The van der Waals surface area contributed by atoms with Gasteiger partial charge in [-0.15, -0.1) is 0 Å². The van der Waals surface area contributed by atoms with Gasteiger partial charge in [0.25, 0.3) is 0 Å².